The molecule has 6 heteroatoms. The maximum Gasteiger partial charge on any atom is 0.191 e. The third-order valence-corrected chi connectivity index (χ3v) is 4.66. The lowest BCUT2D eigenvalue weighted by atomic mass is 10.2. The molecule has 1 aromatic rings. The van der Waals surface area contributed by atoms with Crippen LogP contribution in [0, 0.1) is 0 Å². The third kappa shape index (κ3) is 4.18. The van der Waals surface area contributed by atoms with Crippen LogP contribution in [0.1, 0.15) is 49.4 Å². The normalized spacial score (nSPS) is 18.9. The average Bonchev–Trinajstić information content (AvgIpc) is 2.77. The Morgan fingerprint density at radius 3 is 2.80 bits per heavy atom. The number of hydrogen-bond donors (Lipinski definition) is 1. The van der Waals surface area contributed by atoms with Gasteiger partial charge in [0.05, 0.1) is 12.2 Å². The fraction of sp³-hybridized carbons (Fsp3) is 0.714. The molecular formula is C14H24N4OS. The van der Waals surface area contributed by atoms with Crippen molar-refractivity contribution in [2.75, 3.05) is 20.2 Å². The first-order valence-corrected chi connectivity index (χ1v) is 8.10. The van der Waals surface area contributed by atoms with Crippen LogP contribution in [-0.2, 0) is 11.3 Å². The summed E-state index contributed by atoms with van der Waals surface area (Å²) in [5.41, 5.74) is 7.05. The van der Waals surface area contributed by atoms with Crippen molar-refractivity contribution in [1.29, 1.82) is 0 Å². The number of nitrogens with zero attached hydrogens (tertiary/aromatic N) is 3. The van der Waals surface area contributed by atoms with Gasteiger partial charge in [0.25, 0.3) is 0 Å². The molecule has 1 atom stereocenters. The standard InChI is InChI=1S/C14H24N4OS/c1-11(19-2)13-17-12(10-20-13)9-16-14(15)18-7-5-3-4-6-8-18/h10-11H,3-9H2,1-2H3,(H2,15,16)/t11-/m1/s1. The summed E-state index contributed by atoms with van der Waals surface area (Å²) in [6.45, 7) is 4.60. The van der Waals surface area contributed by atoms with Gasteiger partial charge in [-0.25, -0.2) is 9.98 Å². The Labute approximate surface area is 124 Å². The fourth-order valence-electron chi connectivity index (χ4n) is 2.24. The van der Waals surface area contributed by atoms with Crippen LogP contribution < -0.4 is 5.73 Å². The first-order valence-electron chi connectivity index (χ1n) is 7.22. The van der Waals surface area contributed by atoms with Gasteiger partial charge in [-0.3, -0.25) is 0 Å². The SMILES string of the molecule is CO[C@H](C)c1nc(CN=C(N)N2CCCCCC2)cs1. The van der Waals surface area contributed by atoms with Gasteiger partial charge >= 0.3 is 0 Å². The van der Waals surface area contributed by atoms with E-state index in [1.807, 2.05) is 12.3 Å². The van der Waals surface area contributed by atoms with Crippen molar-refractivity contribution in [3.05, 3.63) is 16.1 Å². The predicted molar refractivity (Wildman–Crippen MR) is 82.9 cm³/mol. The Hall–Kier alpha value is -1.14. The largest absolute Gasteiger partial charge is 0.375 e. The van der Waals surface area contributed by atoms with Crippen LogP contribution in [0.25, 0.3) is 0 Å². The molecule has 2 heterocycles. The van der Waals surface area contributed by atoms with Gasteiger partial charge in [-0.2, -0.15) is 0 Å². The summed E-state index contributed by atoms with van der Waals surface area (Å²) in [5.74, 6) is 0.654. The lowest BCUT2D eigenvalue weighted by Gasteiger charge is -2.20. The summed E-state index contributed by atoms with van der Waals surface area (Å²) in [6, 6.07) is 0. The molecule has 2 rings (SSSR count). The van der Waals surface area contributed by atoms with Crippen molar-refractivity contribution < 1.29 is 4.74 Å². The van der Waals surface area contributed by atoms with Crippen molar-refractivity contribution in [3.8, 4) is 0 Å². The van der Waals surface area contributed by atoms with E-state index < -0.39 is 0 Å². The van der Waals surface area contributed by atoms with Crippen molar-refractivity contribution in [2.24, 2.45) is 10.7 Å². The molecule has 1 aliphatic heterocycles. The van der Waals surface area contributed by atoms with Crippen molar-refractivity contribution in [2.45, 2.75) is 45.3 Å². The highest BCUT2D eigenvalue weighted by Crippen LogP contribution is 2.20. The van der Waals surface area contributed by atoms with E-state index in [9.17, 15) is 0 Å². The second-order valence-corrected chi connectivity index (χ2v) is 6.02. The molecule has 5 nitrogen and oxygen atoms in total. The molecule has 0 aromatic carbocycles. The van der Waals surface area contributed by atoms with E-state index >= 15 is 0 Å². The number of aromatic nitrogens is 1. The zero-order valence-corrected chi connectivity index (χ0v) is 13.2. The summed E-state index contributed by atoms with van der Waals surface area (Å²) in [4.78, 5) is 11.2. The Kier molecular flexibility index (Phi) is 5.79. The highest BCUT2D eigenvalue weighted by molar-refractivity contribution is 7.09. The van der Waals surface area contributed by atoms with Crippen LogP contribution in [0.2, 0.25) is 0 Å². The zero-order chi connectivity index (χ0) is 14.4. The fourth-order valence-corrected chi connectivity index (χ4v) is 3.09. The lowest BCUT2D eigenvalue weighted by Crippen LogP contribution is -2.38. The maximum absolute atomic E-state index is 6.09. The number of aliphatic imine (C=N–C) groups is 1. The molecule has 1 saturated heterocycles. The van der Waals surface area contributed by atoms with Gasteiger partial charge in [0, 0.05) is 25.6 Å². The van der Waals surface area contributed by atoms with Gasteiger partial charge in [0.2, 0.25) is 0 Å². The van der Waals surface area contributed by atoms with Gasteiger partial charge in [0.1, 0.15) is 11.1 Å². The number of hydrogen-bond acceptors (Lipinski definition) is 4. The smallest absolute Gasteiger partial charge is 0.191 e. The Morgan fingerprint density at radius 1 is 1.45 bits per heavy atom. The molecule has 20 heavy (non-hydrogen) atoms. The average molecular weight is 296 g/mol. The van der Waals surface area contributed by atoms with Gasteiger partial charge in [-0.1, -0.05) is 12.8 Å². The molecule has 2 N–H and O–H groups in total. The highest BCUT2D eigenvalue weighted by Gasteiger charge is 2.12. The molecule has 0 unspecified atom stereocenters. The van der Waals surface area contributed by atoms with Gasteiger partial charge < -0.3 is 15.4 Å². The number of guanidine groups is 1. The number of ether oxygens (including phenoxy) is 1. The summed E-state index contributed by atoms with van der Waals surface area (Å²) < 4.78 is 5.26. The van der Waals surface area contributed by atoms with Gasteiger partial charge in [-0.05, 0) is 19.8 Å². The summed E-state index contributed by atoms with van der Waals surface area (Å²) in [7, 11) is 1.70. The monoisotopic (exact) mass is 296 g/mol. The molecular weight excluding hydrogens is 272 g/mol. The van der Waals surface area contributed by atoms with E-state index in [1.54, 1.807) is 18.4 Å². The van der Waals surface area contributed by atoms with Crippen LogP contribution >= 0.6 is 11.3 Å². The Bertz CT molecular complexity index is 438. The molecule has 112 valence electrons. The topological polar surface area (TPSA) is 63.7 Å². The van der Waals surface area contributed by atoms with Gasteiger partial charge in [-0.15, -0.1) is 11.3 Å². The molecule has 1 aliphatic rings. The Balaban J connectivity index is 1.92. The minimum atomic E-state index is 0.0423. The van der Waals surface area contributed by atoms with Crippen LogP contribution in [0.4, 0.5) is 0 Å². The summed E-state index contributed by atoms with van der Waals surface area (Å²) in [6.07, 6.45) is 5.06. The van der Waals surface area contributed by atoms with Gasteiger partial charge in [0.15, 0.2) is 5.96 Å². The first kappa shape index (κ1) is 15.3. The number of nitrogens with two attached hydrogens (primary N) is 1. The predicted octanol–water partition coefficient (Wildman–Crippen LogP) is 2.54. The second kappa shape index (κ2) is 7.59. The van der Waals surface area contributed by atoms with E-state index in [-0.39, 0.29) is 6.10 Å². The molecule has 0 saturated carbocycles. The van der Waals surface area contributed by atoms with Crippen LogP contribution in [0.3, 0.4) is 0 Å². The van der Waals surface area contributed by atoms with E-state index in [0.29, 0.717) is 12.5 Å². The van der Waals surface area contributed by atoms with E-state index in [0.717, 1.165) is 23.8 Å². The van der Waals surface area contributed by atoms with E-state index in [1.165, 1.54) is 25.7 Å². The molecule has 0 bridgehead atoms. The number of rotatable bonds is 4. The number of methoxy groups -OCH3 is 1. The molecule has 0 spiro atoms. The zero-order valence-electron chi connectivity index (χ0n) is 12.3. The van der Waals surface area contributed by atoms with Crippen LogP contribution in [0.15, 0.2) is 10.4 Å². The van der Waals surface area contributed by atoms with E-state index in [4.69, 9.17) is 10.5 Å². The Morgan fingerprint density at radius 2 is 2.15 bits per heavy atom. The van der Waals surface area contributed by atoms with Crippen molar-refractivity contribution in [1.82, 2.24) is 9.88 Å². The highest BCUT2D eigenvalue weighted by atomic mass is 32.1. The minimum Gasteiger partial charge on any atom is -0.375 e. The number of likely N-dealkylation sites (tertiary alicyclic amines) is 1. The first-order chi connectivity index (χ1) is 9.70. The molecule has 1 aromatic heterocycles. The second-order valence-electron chi connectivity index (χ2n) is 5.13. The van der Waals surface area contributed by atoms with Crippen LogP contribution in [0.5, 0.6) is 0 Å². The summed E-state index contributed by atoms with van der Waals surface area (Å²) >= 11 is 1.61. The van der Waals surface area contributed by atoms with E-state index in [2.05, 4.69) is 14.9 Å². The molecule has 1 fully saturated rings. The molecule has 0 amide bonds. The van der Waals surface area contributed by atoms with Crippen molar-refractivity contribution in [3.63, 3.8) is 0 Å². The third-order valence-electron chi connectivity index (χ3n) is 3.60. The number of thiazole rings is 1. The lowest BCUT2D eigenvalue weighted by molar-refractivity contribution is 0.119. The van der Waals surface area contributed by atoms with Crippen molar-refractivity contribution >= 4 is 17.3 Å². The molecule has 0 aliphatic carbocycles. The van der Waals surface area contributed by atoms with Crippen LogP contribution in [-0.4, -0.2) is 36.0 Å². The summed E-state index contributed by atoms with van der Waals surface area (Å²) in [5, 5.41) is 3.02. The minimum absolute atomic E-state index is 0.0423. The molecule has 0 radical (unpaired) electrons. The quantitative estimate of drug-likeness (QED) is 0.685. The maximum atomic E-state index is 6.09.